The normalized spacial score (nSPS) is 13.1. The predicted molar refractivity (Wildman–Crippen MR) is 121 cm³/mol. The van der Waals surface area contributed by atoms with Gasteiger partial charge in [0.05, 0.1) is 12.7 Å². The number of para-hydroxylation sites is 1. The van der Waals surface area contributed by atoms with Gasteiger partial charge >= 0.3 is 0 Å². The number of nitrogens with zero attached hydrogens (tertiary/aromatic N) is 2. The number of hydrogen-bond donors (Lipinski definition) is 1. The molecule has 0 radical (unpaired) electrons. The lowest BCUT2D eigenvalue weighted by Crippen LogP contribution is -2.34. The Kier molecular flexibility index (Phi) is 6.56. The summed E-state index contributed by atoms with van der Waals surface area (Å²) in [6, 6.07) is 16.3. The maximum Gasteiger partial charge on any atom is 0.260 e. The molecule has 8 heteroatoms. The van der Waals surface area contributed by atoms with Crippen LogP contribution in [-0.2, 0) is 17.8 Å². The molecule has 0 saturated carbocycles. The third-order valence-electron chi connectivity index (χ3n) is 5.23. The van der Waals surface area contributed by atoms with E-state index in [1.807, 2.05) is 30.3 Å². The number of anilines is 1. The van der Waals surface area contributed by atoms with Gasteiger partial charge in [0, 0.05) is 30.5 Å². The van der Waals surface area contributed by atoms with E-state index in [-0.39, 0.29) is 29.1 Å². The van der Waals surface area contributed by atoms with Crippen molar-refractivity contribution in [2.24, 2.45) is 0 Å². The standard InChI is InChI=1S/C24H22ClN3O4/c1-31-20-7-3-2-5-16(20)10-12-28-14-17-13-18(8-9-21(17)32-15-22(28)29)27-24(30)19-6-4-11-26-23(19)25/h2-9,11,13H,10,12,14-15H2,1H3,(H,27,30). The predicted octanol–water partition coefficient (Wildman–Crippen LogP) is 3.96. The van der Waals surface area contributed by atoms with Crippen LogP contribution >= 0.6 is 11.6 Å². The number of ether oxygens (including phenoxy) is 2. The Balaban J connectivity index is 1.49. The van der Waals surface area contributed by atoms with Crippen LogP contribution in [0.2, 0.25) is 5.15 Å². The van der Waals surface area contributed by atoms with E-state index in [1.165, 1.54) is 6.20 Å². The number of nitrogens with one attached hydrogen (secondary N) is 1. The number of carbonyl (C=O) groups is 2. The lowest BCUT2D eigenvalue weighted by atomic mass is 10.1. The maximum absolute atomic E-state index is 12.6. The summed E-state index contributed by atoms with van der Waals surface area (Å²) in [5.74, 6) is 0.964. The first kappa shape index (κ1) is 21.6. The Hall–Kier alpha value is -3.58. The Bertz CT molecular complexity index is 1150. The second-order valence-corrected chi connectivity index (χ2v) is 7.64. The van der Waals surface area contributed by atoms with Crippen LogP contribution in [0, 0.1) is 0 Å². The largest absolute Gasteiger partial charge is 0.496 e. The minimum absolute atomic E-state index is 0.0318. The van der Waals surface area contributed by atoms with E-state index >= 15 is 0 Å². The fourth-order valence-electron chi connectivity index (χ4n) is 3.57. The zero-order valence-electron chi connectivity index (χ0n) is 17.5. The van der Waals surface area contributed by atoms with Gasteiger partial charge in [0.1, 0.15) is 16.7 Å². The van der Waals surface area contributed by atoms with Crippen LogP contribution in [0.1, 0.15) is 21.5 Å². The van der Waals surface area contributed by atoms with Gasteiger partial charge in [0.15, 0.2) is 6.61 Å². The Labute approximate surface area is 190 Å². The van der Waals surface area contributed by atoms with Gasteiger partial charge in [-0.3, -0.25) is 9.59 Å². The van der Waals surface area contributed by atoms with E-state index in [1.54, 1.807) is 36.3 Å². The maximum atomic E-state index is 12.6. The Morgan fingerprint density at radius 1 is 1.22 bits per heavy atom. The highest BCUT2D eigenvalue weighted by Gasteiger charge is 2.22. The summed E-state index contributed by atoms with van der Waals surface area (Å²) in [4.78, 5) is 30.9. The van der Waals surface area contributed by atoms with Gasteiger partial charge in [0.2, 0.25) is 0 Å². The van der Waals surface area contributed by atoms with Crippen LogP contribution in [0.25, 0.3) is 0 Å². The summed E-state index contributed by atoms with van der Waals surface area (Å²) < 4.78 is 11.1. The quantitative estimate of drug-likeness (QED) is 0.574. The van der Waals surface area contributed by atoms with Crippen LogP contribution in [-0.4, -0.2) is 42.0 Å². The minimum Gasteiger partial charge on any atom is -0.496 e. The average Bonchev–Trinajstić information content (AvgIpc) is 2.96. The lowest BCUT2D eigenvalue weighted by Gasteiger charge is -2.21. The highest BCUT2D eigenvalue weighted by atomic mass is 35.5. The summed E-state index contributed by atoms with van der Waals surface area (Å²) in [6.45, 7) is 0.862. The van der Waals surface area contributed by atoms with Crippen molar-refractivity contribution < 1.29 is 19.1 Å². The third-order valence-corrected chi connectivity index (χ3v) is 5.53. The van der Waals surface area contributed by atoms with E-state index in [2.05, 4.69) is 10.3 Å². The summed E-state index contributed by atoms with van der Waals surface area (Å²) in [5.41, 5.74) is 2.71. The SMILES string of the molecule is COc1ccccc1CCN1Cc2cc(NC(=O)c3cccnc3Cl)ccc2OCC1=O. The molecule has 0 spiro atoms. The molecule has 0 unspecified atom stereocenters. The highest BCUT2D eigenvalue weighted by molar-refractivity contribution is 6.33. The molecule has 3 aromatic rings. The molecule has 164 valence electrons. The number of fused-ring (bicyclic) bond motifs is 1. The number of carbonyl (C=O) groups excluding carboxylic acids is 2. The minimum atomic E-state index is -0.360. The number of pyridine rings is 1. The van der Waals surface area contributed by atoms with Crippen molar-refractivity contribution in [2.75, 3.05) is 25.6 Å². The Morgan fingerprint density at radius 2 is 2.06 bits per heavy atom. The van der Waals surface area contributed by atoms with Crippen molar-refractivity contribution >= 4 is 29.1 Å². The second-order valence-electron chi connectivity index (χ2n) is 7.28. The van der Waals surface area contributed by atoms with Crippen molar-refractivity contribution in [1.29, 1.82) is 0 Å². The molecule has 1 aliphatic rings. The lowest BCUT2D eigenvalue weighted by molar-refractivity contribution is -0.133. The van der Waals surface area contributed by atoms with Crippen LogP contribution in [0.5, 0.6) is 11.5 Å². The second kappa shape index (κ2) is 9.70. The van der Waals surface area contributed by atoms with Crippen molar-refractivity contribution in [3.05, 3.63) is 82.6 Å². The Morgan fingerprint density at radius 3 is 2.88 bits per heavy atom. The van der Waals surface area contributed by atoms with E-state index in [0.29, 0.717) is 30.9 Å². The molecule has 0 saturated heterocycles. The summed E-state index contributed by atoms with van der Waals surface area (Å²) in [5, 5.41) is 2.97. The molecule has 0 bridgehead atoms. The number of hydrogen-bond acceptors (Lipinski definition) is 5. The monoisotopic (exact) mass is 451 g/mol. The van der Waals surface area contributed by atoms with Gasteiger partial charge in [-0.15, -0.1) is 0 Å². The molecule has 2 heterocycles. The van der Waals surface area contributed by atoms with E-state index in [0.717, 1.165) is 16.9 Å². The number of amides is 2. The molecule has 7 nitrogen and oxygen atoms in total. The van der Waals surface area contributed by atoms with E-state index in [9.17, 15) is 9.59 Å². The smallest absolute Gasteiger partial charge is 0.260 e. The summed E-state index contributed by atoms with van der Waals surface area (Å²) in [7, 11) is 1.63. The van der Waals surface area contributed by atoms with Crippen LogP contribution in [0.3, 0.4) is 0 Å². The number of rotatable bonds is 6. The number of aromatic nitrogens is 1. The highest BCUT2D eigenvalue weighted by Crippen LogP contribution is 2.28. The van der Waals surface area contributed by atoms with E-state index in [4.69, 9.17) is 21.1 Å². The topological polar surface area (TPSA) is 80.8 Å². The summed E-state index contributed by atoms with van der Waals surface area (Å²) >= 11 is 6.02. The van der Waals surface area contributed by atoms with E-state index < -0.39 is 0 Å². The molecule has 0 aliphatic carbocycles. The molecule has 32 heavy (non-hydrogen) atoms. The molecule has 2 aromatic carbocycles. The van der Waals surface area contributed by atoms with Crippen molar-refractivity contribution in [2.45, 2.75) is 13.0 Å². The fourth-order valence-corrected chi connectivity index (χ4v) is 3.77. The third kappa shape index (κ3) is 4.84. The molecule has 0 fully saturated rings. The molecule has 1 aliphatic heterocycles. The van der Waals surface area contributed by atoms with Crippen LogP contribution < -0.4 is 14.8 Å². The summed E-state index contributed by atoms with van der Waals surface area (Å²) in [6.07, 6.45) is 2.18. The van der Waals surface area contributed by atoms with Gasteiger partial charge in [0.25, 0.3) is 11.8 Å². The van der Waals surface area contributed by atoms with Crippen LogP contribution in [0.4, 0.5) is 5.69 Å². The zero-order valence-corrected chi connectivity index (χ0v) is 18.3. The molecule has 1 aromatic heterocycles. The van der Waals surface area contributed by atoms with Gasteiger partial charge in [-0.2, -0.15) is 0 Å². The fraction of sp³-hybridized carbons (Fsp3) is 0.208. The van der Waals surface area contributed by atoms with Gasteiger partial charge in [-0.05, 0) is 48.4 Å². The molecule has 0 atom stereocenters. The van der Waals surface area contributed by atoms with Crippen molar-refractivity contribution in [3.8, 4) is 11.5 Å². The molecule has 4 rings (SSSR count). The number of halogens is 1. The van der Waals surface area contributed by atoms with Crippen molar-refractivity contribution in [1.82, 2.24) is 9.88 Å². The van der Waals surface area contributed by atoms with Gasteiger partial charge in [-0.1, -0.05) is 29.8 Å². The zero-order chi connectivity index (χ0) is 22.5. The molecule has 1 N–H and O–H groups in total. The first-order chi connectivity index (χ1) is 15.5. The van der Waals surface area contributed by atoms with Gasteiger partial charge < -0.3 is 19.7 Å². The van der Waals surface area contributed by atoms with Crippen molar-refractivity contribution in [3.63, 3.8) is 0 Å². The molecule has 2 amide bonds. The molecular weight excluding hydrogens is 430 g/mol. The van der Waals surface area contributed by atoms with Gasteiger partial charge in [-0.25, -0.2) is 4.98 Å². The average molecular weight is 452 g/mol. The first-order valence-corrected chi connectivity index (χ1v) is 10.5. The number of benzene rings is 2. The van der Waals surface area contributed by atoms with Crippen LogP contribution in [0.15, 0.2) is 60.8 Å². The first-order valence-electron chi connectivity index (χ1n) is 10.1. The molecular formula is C24H22ClN3O4. The number of methoxy groups -OCH3 is 1.